The Balaban J connectivity index is 2.27. The van der Waals surface area contributed by atoms with E-state index in [4.69, 9.17) is 5.73 Å². The summed E-state index contributed by atoms with van der Waals surface area (Å²) >= 11 is 0. The third-order valence-corrected chi connectivity index (χ3v) is 2.08. The number of carbonyl (C=O) groups excluding carboxylic acids is 1. The lowest BCUT2D eigenvalue weighted by molar-refractivity contribution is 0.459. The van der Waals surface area contributed by atoms with E-state index in [-0.39, 0.29) is 0 Å². The molecule has 3 nitrogen and oxygen atoms in total. The number of carbonyl (C=O) groups is 1. The van der Waals surface area contributed by atoms with Crippen molar-refractivity contribution in [3.05, 3.63) is 0 Å². The van der Waals surface area contributed by atoms with Crippen molar-refractivity contribution < 1.29 is 4.79 Å². The van der Waals surface area contributed by atoms with Crippen molar-refractivity contribution in [3.63, 3.8) is 0 Å². The summed E-state index contributed by atoms with van der Waals surface area (Å²) in [5, 5.41) is 0. The van der Waals surface area contributed by atoms with Crippen LogP contribution in [0.1, 0.15) is 19.3 Å². The highest BCUT2D eigenvalue weighted by atomic mass is 16.1. The van der Waals surface area contributed by atoms with E-state index >= 15 is 0 Å². The Kier molecular flexibility index (Phi) is 3.59. The first-order valence-electron chi connectivity index (χ1n) is 4.11. The van der Waals surface area contributed by atoms with Crippen molar-refractivity contribution in [3.8, 4) is 0 Å². The fraction of sp³-hybridized carbons (Fsp3) is 0.857. The van der Waals surface area contributed by atoms with Gasteiger partial charge in [-0.15, -0.1) is 0 Å². The molecule has 0 saturated carbocycles. The number of nitrogens with two attached hydrogens (primary N) is 1. The van der Waals surface area contributed by atoms with Gasteiger partial charge in [0.25, 0.3) is 7.41 Å². The average Bonchev–Trinajstić information content (AvgIpc) is 2.17. The largest absolute Gasteiger partial charge is 0.340 e. The van der Waals surface area contributed by atoms with Gasteiger partial charge >= 0.3 is 0 Å². The molecule has 0 aliphatic carbocycles. The summed E-state index contributed by atoms with van der Waals surface area (Å²) in [6.07, 6.45) is 4.04. The number of hydrogen-bond donors (Lipinski definition) is 1. The molecule has 0 bridgehead atoms. The van der Waals surface area contributed by atoms with Gasteiger partial charge in [-0.1, -0.05) is 0 Å². The number of hydrogen-bond acceptors (Lipinski definition) is 3. The third kappa shape index (κ3) is 3.03. The average molecular weight is 153 g/mol. The topological polar surface area (TPSA) is 46.3 Å². The summed E-state index contributed by atoms with van der Waals surface area (Å²) in [4.78, 5) is 12.2. The molecule has 1 rings (SSSR count). The zero-order valence-corrected chi connectivity index (χ0v) is 6.70. The molecule has 1 saturated heterocycles. The van der Waals surface area contributed by atoms with Crippen molar-refractivity contribution in [2.45, 2.75) is 25.3 Å². The Morgan fingerprint density at radius 3 is 3.00 bits per heavy atom. The molecule has 4 heteroatoms. The third-order valence-electron chi connectivity index (χ3n) is 2.08. The Bertz CT molecular complexity index is 132. The molecule has 61 valence electrons. The number of rotatable bonds is 2. The van der Waals surface area contributed by atoms with E-state index in [2.05, 4.69) is 0 Å². The van der Waals surface area contributed by atoms with Crippen LogP contribution in [0.3, 0.4) is 0 Å². The SMILES string of the molecule is N[C@H]1CCCN([B]C=O)CC1. The lowest BCUT2D eigenvalue weighted by atomic mass is 9.94. The van der Waals surface area contributed by atoms with Gasteiger partial charge in [-0.05, 0) is 32.4 Å². The smallest absolute Gasteiger partial charge is 0.293 e. The first-order chi connectivity index (χ1) is 5.33. The van der Waals surface area contributed by atoms with E-state index in [0.29, 0.717) is 6.04 Å². The lowest BCUT2D eigenvalue weighted by Crippen LogP contribution is -2.30. The highest BCUT2D eigenvalue weighted by molar-refractivity contribution is 6.64. The van der Waals surface area contributed by atoms with Crippen LogP contribution in [0.15, 0.2) is 0 Å². The Morgan fingerprint density at radius 2 is 2.27 bits per heavy atom. The van der Waals surface area contributed by atoms with Gasteiger partial charge in [0, 0.05) is 6.04 Å². The summed E-state index contributed by atoms with van der Waals surface area (Å²) < 4.78 is 0. The molecule has 0 unspecified atom stereocenters. The molecular weight excluding hydrogens is 139 g/mol. The highest BCUT2D eigenvalue weighted by Crippen LogP contribution is 2.07. The van der Waals surface area contributed by atoms with Crippen LogP contribution >= 0.6 is 0 Å². The van der Waals surface area contributed by atoms with Crippen molar-refractivity contribution in [2.24, 2.45) is 5.73 Å². The summed E-state index contributed by atoms with van der Waals surface area (Å²) in [6.45, 7) is 1.91. The predicted molar refractivity (Wildman–Crippen MR) is 45.9 cm³/mol. The lowest BCUT2D eigenvalue weighted by Gasteiger charge is -2.14. The second kappa shape index (κ2) is 4.52. The van der Waals surface area contributed by atoms with Crippen molar-refractivity contribution in [1.29, 1.82) is 0 Å². The highest BCUT2D eigenvalue weighted by Gasteiger charge is 2.13. The van der Waals surface area contributed by atoms with Crippen molar-refractivity contribution in [1.82, 2.24) is 4.81 Å². The van der Waals surface area contributed by atoms with Gasteiger partial charge in [0.2, 0.25) is 0 Å². The van der Waals surface area contributed by atoms with Crippen LogP contribution in [-0.2, 0) is 4.79 Å². The minimum atomic E-state index is 0.333. The molecule has 1 atom stereocenters. The Labute approximate surface area is 68.2 Å². The van der Waals surface area contributed by atoms with Crippen LogP contribution in [0.5, 0.6) is 0 Å². The van der Waals surface area contributed by atoms with E-state index < -0.39 is 0 Å². The maximum Gasteiger partial charge on any atom is 0.293 e. The van der Waals surface area contributed by atoms with Gasteiger partial charge < -0.3 is 15.3 Å². The monoisotopic (exact) mass is 153 g/mol. The minimum absolute atomic E-state index is 0.333. The molecule has 0 aromatic rings. The van der Waals surface area contributed by atoms with Crippen molar-refractivity contribution >= 4 is 13.6 Å². The molecular formula is C7H14BN2O. The quantitative estimate of drug-likeness (QED) is 0.434. The number of nitrogens with zero attached hydrogens (tertiary/aromatic N) is 1. The molecule has 1 heterocycles. The van der Waals surface area contributed by atoms with Crippen LogP contribution < -0.4 is 5.73 Å². The summed E-state index contributed by atoms with van der Waals surface area (Å²) in [7, 11) is 1.61. The normalized spacial score (nSPS) is 27.5. The molecule has 0 aromatic carbocycles. The summed E-state index contributed by atoms with van der Waals surface area (Å²) in [6, 6.07) is 0.333. The second-order valence-corrected chi connectivity index (χ2v) is 3.01. The second-order valence-electron chi connectivity index (χ2n) is 3.01. The molecule has 1 aliphatic rings. The zero-order valence-electron chi connectivity index (χ0n) is 6.70. The van der Waals surface area contributed by atoms with E-state index in [1.165, 1.54) is 0 Å². The van der Waals surface area contributed by atoms with Gasteiger partial charge in [0.1, 0.15) is 0 Å². The Hall–Kier alpha value is -0.345. The molecule has 0 spiro atoms. The fourth-order valence-corrected chi connectivity index (χ4v) is 1.38. The maximum absolute atomic E-state index is 10.1. The summed E-state index contributed by atoms with van der Waals surface area (Å²) in [5.74, 6) is 0. The molecule has 11 heavy (non-hydrogen) atoms. The molecule has 2 N–H and O–H groups in total. The van der Waals surface area contributed by atoms with Crippen LogP contribution in [0.2, 0.25) is 0 Å². The fourth-order valence-electron chi connectivity index (χ4n) is 1.38. The minimum Gasteiger partial charge on any atom is -0.340 e. The van der Waals surface area contributed by atoms with Gasteiger partial charge in [-0.25, -0.2) is 0 Å². The van der Waals surface area contributed by atoms with Crippen LogP contribution in [0.4, 0.5) is 0 Å². The Morgan fingerprint density at radius 1 is 1.45 bits per heavy atom. The van der Waals surface area contributed by atoms with Gasteiger partial charge in [-0.3, -0.25) is 0 Å². The maximum atomic E-state index is 10.1. The standard InChI is InChI=1S/C7H14BN2O/c9-7-2-1-4-10(5-3-7)8-6-11/h6-7H,1-5,9H2/t7-/m0/s1. The van der Waals surface area contributed by atoms with E-state index in [9.17, 15) is 4.79 Å². The van der Waals surface area contributed by atoms with Gasteiger partial charge in [0.05, 0.1) is 6.19 Å². The first kappa shape index (κ1) is 8.75. The molecule has 1 aliphatic heterocycles. The van der Waals surface area contributed by atoms with Gasteiger partial charge in [0.15, 0.2) is 0 Å². The first-order valence-corrected chi connectivity index (χ1v) is 4.11. The summed E-state index contributed by atoms with van der Waals surface area (Å²) in [5.41, 5.74) is 5.76. The molecule has 1 fully saturated rings. The molecule has 0 amide bonds. The predicted octanol–water partition coefficient (Wildman–Crippen LogP) is -0.391. The van der Waals surface area contributed by atoms with Gasteiger partial charge in [-0.2, -0.15) is 0 Å². The van der Waals surface area contributed by atoms with E-state index in [1.807, 2.05) is 4.81 Å². The zero-order chi connectivity index (χ0) is 8.10. The molecule has 1 radical (unpaired) electrons. The van der Waals surface area contributed by atoms with Crippen LogP contribution in [0, 0.1) is 0 Å². The van der Waals surface area contributed by atoms with Crippen molar-refractivity contribution in [2.75, 3.05) is 13.1 Å². The van der Waals surface area contributed by atoms with Crippen LogP contribution in [0.25, 0.3) is 0 Å². The van der Waals surface area contributed by atoms with Crippen LogP contribution in [-0.4, -0.2) is 37.5 Å². The van der Waals surface area contributed by atoms with E-state index in [0.717, 1.165) is 38.5 Å². The molecule has 0 aromatic heterocycles. The van der Waals surface area contributed by atoms with E-state index in [1.54, 1.807) is 7.41 Å².